The van der Waals surface area contributed by atoms with E-state index < -0.39 is 0 Å². The van der Waals surface area contributed by atoms with E-state index in [1.165, 1.54) is 23.1 Å². The largest absolute Gasteiger partial charge is 0.207 e. The Morgan fingerprint density at radius 1 is 0.818 bits per heavy atom. The topological polar surface area (TPSA) is 0 Å². The molecule has 22 heavy (non-hydrogen) atoms. The lowest BCUT2D eigenvalue weighted by molar-refractivity contribution is 0.750. The fourth-order valence-corrected chi connectivity index (χ4v) is 2.52. The molecule has 2 aromatic rings. The van der Waals surface area contributed by atoms with Crippen molar-refractivity contribution in [3.8, 4) is 0 Å². The van der Waals surface area contributed by atoms with E-state index in [0.29, 0.717) is 5.56 Å². The zero-order valence-corrected chi connectivity index (χ0v) is 13.6. The molecule has 0 saturated carbocycles. The molecule has 0 radical (unpaired) electrons. The monoisotopic (exact) mass is 296 g/mol. The van der Waals surface area contributed by atoms with Crippen molar-refractivity contribution in [1.82, 2.24) is 0 Å². The van der Waals surface area contributed by atoms with Gasteiger partial charge in [0.25, 0.3) is 0 Å². The second-order valence-corrected chi connectivity index (χ2v) is 5.78. The van der Waals surface area contributed by atoms with Crippen LogP contribution in [0.1, 0.15) is 55.4 Å². The van der Waals surface area contributed by atoms with Crippen molar-refractivity contribution in [2.45, 2.75) is 46.0 Å². The van der Waals surface area contributed by atoms with E-state index in [9.17, 15) is 4.39 Å². The van der Waals surface area contributed by atoms with Gasteiger partial charge in [0.1, 0.15) is 5.83 Å². The molecule has 0 bridgehead atoms. The Morgan fingerprint density at radius 3 is 1.91 bits per heavy atom. The minimum Gasteiger partial charge on any atom is -0.207 e. The van der Waals surface area contributed by atoms with Gasteiger partial charge >= 0.3 is 0 Å². The Morgan fingerprint density at radius 2 is 1.36 bits per heavy atom. The molecule has 0 N–H and O–H groups in total. The predicted octanol–water partition coefficient (Wildman–Crippen LogP) is 6.34. The van der Waals surface area contributed by atoms with Crippen LogP contribution < -0.4 is 0 Å². The van der Waals surface area contributed by atoms with Crippen molar-refractivity contribution < 1.29 is 4.39 Å². The maximum atomic E-state index is 13.9. The average Bonchev–Trinajstić information content (AvgIpc) is 2.55. The molecule has 2 rings (SSSR count). The van der Waals surface area contributed by atoms with Gasteiger partial charge in [0.2, 0.25) is 0 Å². The van der Waals surface area contributed by atoms with Gasteiger partial charge in [-0.2, -0.15) is 0 Å². The lowest BCUT2D eigenvalue weighted by atomic mass is 10.0. The van der Waals surface area contributed by atoms with Crippen LogP contribution in [0.5, 0.6) is 0 Å². The highest BCUT2D eigenvalue weighted by Gasteiger charge is 2.01. The third-order valence-corrected chi connectivity index (χ3v) is 3.81. The molecule has 0 aromatic heterocycles. The van der Waals surface area contributed by atoms with E-state index >= 15 is 0 Å². The van der Waals surface area contributed by atoms with Crippen LogP contribution in [0.3, 0.4) is 0 Å². The van der Waals surface area contributed by atoms with Crippen LogP contribution in [0.15, 0.2) is 54.6 Å². The lowest BCUT2D eigenvalue weighted by Crippen LogP contribution is -1.90. The summed E-state index contributed by atoms with van der Waals surface area (Å²) in [6.45, 7) is 4.25. The van der Waals surface area contributed by atoms with E-state index in [1.54, 1.807) is 6.08 Å². The minimum atomic E-state index is -0.114. The van der Waals surface area contributed by atoms with E-state index in [-0.39, 0.29) is 5.83 Å². The maximum Gasteiger partial charge on any atom is 0.126 e. The molecular formula is C21H25F. The summed E-state index contributed by atoms with van der Waals surface area (Å²) >= 11 is 0. The Balaban J connectivity index is 2.01. The van der Waals surface area contributed by atoms with Crippen molar-refractivity contribution in [3.63, 3.8) is 0 Å². The highest BCUT2D eigenvalue weighted by molar-refractivity contribution is 5.59. The van der Waals surface area contributed by atoms with Gasteiger partial charge in [-0.25, -0.2) is 4.39 Å². The number of benzene rings is 2. The van der Waals surface area contributed by atoms with E-state index in [0.717, 1.165) is 25.7 Å². The van der Waals surface area contributed by atoms with Gasteiger partial charge in [-0.3, -0.25) is 0 Å². The molecule has 0 amide bonds. The van der Waals surface area contributed by atoms with Gasteiger partial charge in [0, 0.05) is 5.56 Å². The maximum absolute atomic E-state index is 13.9. The molecule has 116 valence electrons. The summed E-state index contributed by atoms with van der Waals surface area (Å²) in [6.07, 6.45) is 6.64. The molecule has 0 fully saturated rings. The third-order valence-electron chi connectivity index (χ3n) is 3.81. The molecule has 0 aliphatic rings. The molecule has 0 atom stereocenters. The molecule has 0 saturated heterocycles. The van der Waals surface area contributed by atoms with Crippen LogP contribution in [-0.2, 0) is 12.8 Å². The van der Waals surface area contributed by atoms with Crippen LogP contribution in [0, 0.1) is 0 Å². The number of allylic oxidation sites excluding steroid dienone is 1. The normalized spacial score (nSPS) is 11.7. The summed E-state index contributed by atoms with van der Waals surface area (Å²) in [7, 11) is 0. The number of hydrogen-bond donors (Lipinski definition) is 0. The predicted molar refractivity (Wildman–Crippen MR) is 93.7 cm³/mol. The van der Waals surface area contributed by atoms with Crippen LogP contribution in [-0.4, -0.2) is 0 Å². The van der Waals surface area contributed by atoms with Gasteiger partial charge in [-0.1, -0.05) is 75.2 Å². The van der Waals surface area contributed by atoms with E-state index in [4.69, 9.17) is 0 Å². The molecule has 0 unspecified atom stereocenters. The Hall–Kier alpha value is -1.89. The lowest BCUT2D eigenvalue weighted by Gasteiger charge is -2.05. The van der Waals surface area contributed by atoms with Crippen LogP contribution in [0.25, 0.3) is 5.83 Å². The fraction of sp³-hybridized carbons (Fsp3) is 0.333. The summed E-state index contributed by atoms with van der Waals surface area (Å²) in [4.78, 5) is 0. The zero-order valence-electron chi connectivity index (χ0n) is 13.6. The van der Waals surface area contributed by atoms with Crippen LogP contribution in [0.2, 0.25) is 0 Å². The second kappa shape index (κ2) is 8.53. The first-order valence-corrected chi connectivity index (χ1v) is 8.25. The fourth-order valence-electron chi connectivity index (χ4n) is 2.52. The van der Waals surface area contributed by atoms with Gasteiger partial charge in [-0.15, -0.1) is 0 Å². The van der Waals surface area contributed by atoms with Gasteiger partial charge in [0.15, 0.2) is 0 Å². The SMILES string of the molecule is CCC/C=C(/F)c1ccc(Cc2ccc(CCC)cc2)cc1. The van der Waals surface area contributed by atoms with Crippen LogP contribution >= 0.6 is 0 Å². The second-order valence-electron chi connectivity index (χ2n) is 5.78. The Bertz CT molecular complexity index is 591. The van der Waals surface area contributed by atoms with Crippen LogP contribution in [0.4, 0.5) is 4.39 Å². The number of hydrogen-bond acceptors (Lipinski definition) is 0. The molecule has 0 aliphatic carbocycles. The first kappa shape index (κ1) is 16.5. The summed E-state index contributed by atoms with van der Waals surface area (Å²) in [6, 6.07) is 16.6. The van der Waals surface area contributed by atoms with E-state index in [2.05, 4.69) is 38.1 Å². The number of halogens is 1. The zero-order chi connectivity index (χ0) is 15.8. The molecule has 0 aliphatic heterocycles. The molecular weight excluding hydrogens is 271 g/mol. The smallest absolute Gasteiger partial charge is 0.126 e. The summed E-state index contributed by atoms with van der Waals surface area (Å²) in [5, 5.41) is 0. The van der Waals surface area contributed by atoms with Gasteiger partial charge in [-0.05, 0) is 42.0 Å². The van der Waals surface area contributed by atoms with Crippen molar-refractivity contribution in [2.24, 2.45) is 0 Å². The Labute approximate surface area is 133 Å². The Kier molecular flexibility index (Phi) is 6.39. The molecule has 1 heteroatoms. The number of rotatable bonds is 7. The first-order chi connectivity index (χ1) is 10.7. The molecule has 0 heterocycles. The summed E-state index contributed by atoms with van der Waals surface area (Å²) in [5.41, 5.74) is 4.59. The number of aryl methyl sites for hydroxylation is 1. The average molecular weight is 296 g/mol. The third kappa shape index (κ3) is 4.84. The van der Waals surface area contributed by atoms with Gasteiger partial charge < -0.3 is 0 Å². The molecule has 0 nitrogen and oxygen atoms in total. The van der Waals surface area contributed by atoms with Crippen molar-refractivity contribution in [1.29, 1.82) is 0 Å². The number of unbranched alkanes of at least 4 members (excludes halogenated alkanes) is 1. The summed E-state index contributed by atoms with van der Waals surface area (Å²) in [5.74, 6) is -0.114. The quantitative estimate of drug-likeness (QED) is 0.559. The molecule has 0 spiro atoms. The molecule has 2 aromatic carbocycles. The minimum absolute atomic E-state index is 0.114. The van der Waals surface area contributed by atoms with Crippen molar-refractivity contribution in [2.75, 3.05) is 0 Å². The van der Waals surface area contributed by atoms with Gasteiger partial charge in [0.05, 0.1) is 0 Å². The summed E-state index contributed by atoms with van der Waals surface area (Å²) < 4.78 is 13.9. The highest BCUT2D eigenvalue weighted by Crippen LogP contribution is 2.19. The van der Waals surface area contributed by atoms with Crippen molar-refractivity contribution in [3.05, 3.63) is 76.9 Å². The van der Waals surface area contributed by atoms with Crippen molar-refractivity contribution >= 4 is 5.83 Å². The van der Waals surface area contributed by atoms with E-state index in [1.807, 2.05) is 24.3 Å². The standard InChI is InChI=1S/C21H25F/c1-3-5-7-21(22)20-14-12-19(13-15-20)16-18-10-8-17(6-4-2)9-11-18/h7-15H,3-6,16H2,1-2H3/b21-7+. The first-order valence-electron chi connectivity index (χ1n) is 8.25. The highest BCUT2D eigenvalue weighted by atomic mass is 19.1.